The summed E-state index contributed by atoms with van der Waals surface area (Å²) in [5.74, 6) is 0.0729. The highest BCUT2D eigenvalue weighted by Gasteiger charge is 2.23. The Hall–Kier alpha value is -1.26. The lowest BCUT2D eigenvalue weighted by Crippen LogP contribution is -2.45. The predicted molar refractivity (Wildman–Crippen MR) is 84.6 cm³/mol. The molecule has 0 aliphatic carbocycles. The van der Waals surface area contributed by atoms with Gasteiger partial charge in [-0.15, -0.1) is 0 Å². The first-order valence-electron chi connectivity index (χ1n) is 7.06. The van der Waals surface area contributed by atoms with Crippen LogP contribution in [0.25, 0.3) is 0 Å². The van der Waals surface area contributed by atoms with E-state index in [9.17, 15) is 9.90 Å². The predicted octanol–water partition coefficient (Wildman–Crippen LogP) is 3.40. The number of nitrogens with one attached hydrogen (secondary N) is 1. The fraction of sp³-hybridized carbons (Fsp3) is 0.562. The molecule has 0 radical (unpaired) electrons. The molecule has 4 nitrogen and oxygen atoms in total. The maximum atomic E-state index is 11.8. The third-order valence-corrected chi connectivity index (χ3v) is 3.31. The summed E-state index contributed by atoms with van der Waals surface area (Å²) in [5, 5.41) is 12.9. The molecular weight excluding hydrogens is 290 g/mol. The van der Waals surface area contributed by atoms with Crippen LogP contribution in [0, 0.1) is 5.92 Å². The average molecular weight is 314 g/mol. The van der Waals surface area contributed by atoms with Gasteiger partial charge in [-0.3, -0.25) is 0 Å². The Balaban J connectivity index is 2.58. The molecule has 1 unspecified atom stereocenters. The Kier molecular flexibility index (Phi) is 6.49. The van der Waals surface area contributed by atoms with Crippen LogP contribution >= 0.6 is 11.6 Å². The summed E-state index contributed by atoms with van der Waals surface area (Å²) in [5.41, 5.74) is 0.556. The van der Waals surface area contributed by atoms with E-state index < -0.39 is 11.7 Å². The number of hydrogen-bond donors (Lipinski definition) is 2. The van der Waals surface area contributed by atoms with Crippen molar-refractivity contribution in [2.75, 3.05) is 6.61 Å². The van der Waals surface area contributed by atoms with Crippen molar-refractivity contribution in [2.24, 2.45) is 5.92 Å². The topological polar surface area (TPSA) is 58.6 Å². The van der Waals surface area contributed by atoms with E-state index in [1.54, 1.807) is 20.8 Å². The lowest BCUT2D eigenvalue weighted by Gasteiger charge is -2.26. The molecule has 5 heteroatoms. The Morgan fingerprint density at radius 2 is 1.90 bits per heavy atom. The minimum Gasteiger partial charge on any atom is -0.444 e. The minimum absolute atomic E-state index is 0.0729. The number of aliphatic hydroxyl groups is 1. The molecule has 1 aromatic carbocycles. The Bertz CT molecular complexity index is 454. The quantitative estimate of drug-likeness (QED) is 0.876. The summed E-state index contributed by atoms with van der Waals surface area (Å²) in [6.45, 7) is 7.26. The van der Waals surface area contributed by atoms with Crippen molar-refractivity contribution in [1.82, 2.24) is 5.32 Å². The van der Waals surface area contributed by atoms with Crippen LogP contribution in [0.5, 0.6) is 0 Å². The Morgan fingerprint density at radius 3 is 2.38 bits per heavy atom. The molecule has 0 heterocycles. The highest BCUT2D eigenvalue weighted by Crippen LogP contribution is 2.16. The number of ether oxygens (including phenoxy) is 1. The van der Waals surface area contributed by atoms with Gasteiger partial charge in [0.15, 0.2) is 0 Å². The third-order valence-electron chi connectivity index (χ3n) is 3.06. The van der Waals surface area contributed by atoms with E-state index in [1.807, 2.05) is 31.2 Å². The Labute approximate surface area is 131 Å². The molecule has 118 valence electrons. The van der Waals surface area contributed by atoms with Crippen molar-refractivity contribution in [3.8, 4) is 0 Å². The van der Waals surface area contributed by atoms with Crippen LogP contribution in [0.2, 0.25) is 5.02 Å². The Morgan fingerprint density at radius 1 is 1.33 bits per heavy atom. The van der Waals surface area contributed by atoms with E-state index in [1.165, 1.54) is 0 Å². The van der Waals surface area contributed by atoms with Crippen LogP contribution in [-0.2, 0) is 11.2 Å². The summed E-state index contributed by atoms with van der Waals surface area (Å²) in [4.78, 5) is 11.8. The van der Waals surface area contributed by atoms with Gasteiger partial charge in [-0.2, -0.15) is 0 Å². The van der Waals surface area contributed by atoms with E-state index in [2.05, 4.69) is 5.32 Å². The first-order chi connectivity index (χ1) is 9.71. The number of aliphatic hydroxyl groups excluding tert-OH is 1. The van der Waals surface area contributed by atoms with E-state index in [0.29, 0.717) is 5.02 Å². The van der Waals surface area contributed by atoms with Crippen molar-refractivity contribution in [1.29, 1.82) is 0 Å². The lowest BCUT2D eigenvalue weighted by atomic mass is 9.94. The number of benzene rings is 1. The molecule has 0 aliphatic rings. The van der Waals surface area contributed by atoms with Gasteiger partial charge in [-0.25, -0.2) is 4.79 Å². The minimum atomic E-state index is -0.552. The second-order valence-electron chi connectivity index (χ2n) is 6.24. The zero-order chi connectivity index (χ0) is 16.0. The van der Waals surface area contributed by atoms with Gasteiger partial charge in [-0.05, 0) is 50.8 Å². The monoisotopic (exact) mass is 313 g/mol. The maximum Gasteiger partial charge on any atom is 0.407 e. The fourth-order valence-corrected chi connectivity index (χ4v) is 2.09. The van der Waals surface area contributed by atoms with Gasteiger partial charge in [0.25, 0.3) is 0 Å². The zero-order valence-corrected chi connectivity index (χ0v) is 13.8. The van der Waals surface area contributed by atoms with Gasteiger partial charge >= 0.3 is 6.09 Å². The molecule has 0 aliphatic heterocycles. The number of carbonyl (C=O) groups is 1. The molecule has 1 amide bonds. The standard InChI is InChI=1S/C16H24ClNO3/c1-11(9-12-5-7-13(17)8-6-12)14(10-19)18-15(20)21-16(2,3)4/h5-8,11,14,19H,9-10H2,1-4H3,(H,18,20)/t11-,14?/m1/s1. The van der Waals surface area contributed by atoms with Crippen LogP contribution in [0.3, 0.4) is 0 Å². The molecule has 0 aromatic heterocycles. The number of alkyl carbamates (subject to hydrolysis) is 1. The maximum absolute atomic E-state index is 11.8. The number of rotatable bonds is 5. The molecular formula is C16H24ClNO3. The molecule has 1 aromatic rings. The van der Waals surface area contributed by atoms with Crippen LogP contribution in [0.15, 0.2) is 24.3 Å². The highest BCUT2D eigenvalue weighted by molar-refractivity contribution is 6.30. The summed E-state index contributed by atoms with van der Waals surface area (Å²) < 4.78 is 5.21. The smallest absolute Gasteiger partial charge is 0.407 e. The summed E-state index contributed by atoms with van der Waals surface area (Å²) in [6, 6.07) is 7.20. The van der Waals surface area contributed by atoms with Crippen molar-refractivity contribution >= 4 is 17.7 Å². The fourth-order valence-electron chi connectivity index (χ4n) is 1.96. The summed E-state index contributed by atoms with van der Waals surface area (Å²) in [7, 11) is 0. The van der Waals surface area contributed by atoms with Crippen LogP contribution in [-0.4, -0.2) is 29.4 Å². The average Bonchev–Trinajstić information content (AvgIpc) is 2.36. The van der Waals surface area contributed by atoms with Crippen LogP contribution in [0.1, 0.15) is 33.3 Å². The normalized spacial score (nSPS) is 14.4. The van der Waals surface area contributed by atoms with E-state index in [4.69, 9.17) is 16.3 Å². The van der Waals surface area contributed by atoms with Crippen molar-refractivity contribution in [3.63, 3.8) is 0 Å². The summed E-state index contributed by atoms with van der Waals surface area (Å²) in [6.07, 6.45) is 0.225. The molecule has 21 heavy (non-hydrogen) atoms. The van der Waals surface area contributed by atoms with Crippen LogP contribution in [0.4, 0.5) is 4.79 Å². The lowest BCUT2D eigenvalue weighted by molar-refractivity contribution is 0.0458. The van der Waals surface area contributed by atoms with E-state index in [0.717, 1.165) is 12.0 Å². The molecule has 0 bridgehead atoms. The van der Waals surface area contributed by atoms with E-state index in [-0.39, 0.29) is 18.6 Å². The van der Waals surface area contributed by atoms with Gasteiger partial charge in [0.2, 0.25) is 0 Å². The van der Waals surface area contributed by atoms with Crippen molar-refractivity contribution in [3.05, 3.63) is 34.9 Å². The molecule has 0 saturated heterocycles. The van der Waals surface area contributed by atoms with E-state index >= 15 is 0 Å². The number of hydrogen-bond acceptors (Lipinski definition) is 3. The number of halogens is 1. The molecule has 2 atom stereocenters. The highest BCUT2D eigenvalue weighted by atomic mass is 35.5. The van der Waals surface area contributed by atoms with Crippen molar-refractivity contribution < 1.29 is 14.6 Å². The van der Waals surface area contributed by atoms with Gasteiger partial charge in [-0.1, -0.05) is 30.7 Å². The second kappa shape index (κ2) is 7.66. The number of carbonyl (C=O) groups excluding carboxylic acids is 1. The molecule has 0 saturated carbocycles. The zero-order valence-electron chi connectivity index (χ0n) is 13.0. The van der Waals surface area contributed by atoms with Crippen LogP contribution < -0.4 is 5.32 Å². The molecule has 0 spiro atoms. The van der Waals surface area contributed by atoms with Gasteiger partial charge < -0.3 is 15.2 Å². The van der Waals surface area contributed by atoms with Gasteiger partial charge in [0.1, 0.15) is 5.60 Å². The first kappa shape index (κ1) is 17.8. The van der Waals surface area contributed by atoms with Crippen molar-refractivity contribution in [2.45, 2.75) is 45.8 Å². The van der Waals surface area contributed by atoms with Gasteiger partial charge in [0.05, 0.1) is 12.6 Å². The summed E-state index contributed by atoms with van der Waals surface area (Å²) >= 11 is 5.85. The molecule has 0 fully saturated rings. The molecule has 1 rings (SSSR count). The number of amides is 1. The second-order valence-corrected chi connectivity index (χ2v) is 6.68. The third kappa shape index (κ3) is 6.82. The molecule has 2 N–H and O–H groups in total. The largest absolute Gasteiger partial charge is 0.444 e. The first-order valence-corrected chi connectivity index (χ1v) is 7.44. The van der Waals surface area contributed by atoms with Gasteiger partial charge in [0, 0.05) is 5.02 Å². The SMILES string of the molecule is C[C@H](Cc1ccc(Cl)cc1)C(CO)NC(=O)OC(C)(C)C.